The second kappa shape index (κ2) is 6.66. The van der Waals surface area contributed by atoms with Crippen LogP contribution in [0.1, 0.15) is 25.8 Å². The number of quaternary nitrogens is 1. The van der Waals surface area contributed by atoms with E-state index in [1.807, 2.05) is 32.0 Å². The Kier molecular flexibility index (Phi) is 5.11. The minimum atomic E-state index is -2.83. The molecular formula is C15H24NO4S+. The molecule has 2 N–H and O–H groups in total. The molecule has 21 heavy (non-hydrogen) atoms. The summed E-state index contributed by atoms with van der Waals surface area (Å²) in [4.78, 5) is 0. The fourth-order valence-corrected chi connectivity index (χ4v) is 4.34. The zero-order valence-electron chi connectivity index (χ0n) is 12.8. The highest BCUT2D eigenvalue weighted by atomic mass is 32.2. The van der Waals surface area contributed by atoms with Gasteiger partial charge in [-0.1, -0.05) is 6.07 Å². The van der Waals surface area contributed by atoms with Crippen molar-refractivity contribution in [3.05, 3.63) is 23.8 Å². The normalized spacial score (nSPS) is 20.7. The highest BCUT2D eigenvalue weighted by Gasteiger charge is 2.30. The number of rotatable bonds is 6. The van der Waals surface area contributed by atoms with Gasteiger partial charge in [0.25, 0.3) is 0 Å². The Hall–Kier alpha value is -1.27. The predicted octanol–water partition coefficient (Wildman–Crippen LogP) is 0.733. The standard InChI is InChI=1S/C15H23NO4S/c1-11(2)20-15-12(5-4-6-14(15)19-3)9-16-13-7-8-21(17,18)10-13/h4-6,11,13,16H,7-10H2,1-3H3/p+1/t13-/m0/s1. The first-order valence-corrected chi connectivity index (χ1v) is 9.09. The first-order chi connectivity index (χ1) is 9.91. The molecule has 1 aromatic carbocycles. The minimum absolute atomic E-state index is 0.0620. The van der Waals surface area contributed by atoms with Crippen LogP contribution in [0, 0.1) is 0 Å². The van der Waals surface area contributed by atoms with E-state index in [4.69, 9.17) is 9.47 Å². The van der Waals surface area contributed by atoms with Crippen LogP contribution in [0.25, 0.3) is 0 Å². The first kappa shape index (κ1) is 16.1. The van der Waals surface area contributed by atoms with Crippen LogP contribution < -0.4 is 14.8 Å². The molecule has 0 aliphatic carbocycles. The fraction of sp³-hybridized carbons (Fsp3) is 0.600. The Morgan fingerprint density at radius 1 is 1.38 bits per heavy atom. The molecule has 2 rings (SSSR count). The third-order valence-electron chi connectivity index (χ3n) is 3.57. The molecule has 0 saturated carbocycles. The number of nitrogens with two attached hydrogens (primary N) is 1. The van der Waals surface area contributed by atoms with E-state index in [9.17, 15) is 8.42 Å². The van der Waals surface area contributed by atoms with Crippen molar-refractivity contribution < 1.29 is 23.2 Å². The average Bonchev–Trinajstić information content (AvgIpc) is 2.76. The van der Waals surface area contributed by atoms with Gasteiger partial charge >= 0.3 is 0 Å². The summed E-state index contributed by atoms with van der Waals surface area (Å²) in [6.07, 6.45) is 0.791. The van der Waals surface area contributed by atoms with Crippen molar-refractivity contribution in [2.45, 2.75) is 39.0 Å². The van der Waals surface area contributed by atoms with Crippen LogP contribution in [0.3, 0.4) is 0 Å². The maximum Gasteiger partial charge on any atom is 0.170 e. The molecule has 0 radical (unpaired) electrons. The molecular weight excluding hydrogens is 290 g/mol. The maximum atomic E-state index is 11.5. The molecule has 5 nitrogen and oxygen atoms in total. The van der Waals surface area contributed by atoms with Gasteiger partial charge in [-0.15, -0.1) is 0 Å². The zero-order valence-corrected chi connectivity index (χ0v) is 13.7. The lowest BCUT2D eigenvalue weighted by Gasteiger charge is -2.17. The molecule has 0 bridgehead atoms. The Morgan fingerprint density at radius 2 is 2.14 bits per heavy atom. The lowest BCUT2D eigenvalue weighted by molar-refractivity contribution is -0.699. The molecule has 118 valence electrons. The smallest absolute Gasteiger partial charge is 0.170 e. The molecule has 0 amide bonds. The van der Waals surface area contributed by atoms with E-state index in [0.29, 0.717) is 18.0 Å². The van der Waals surface area contributed by atoms with Crippen molar-refractivity contribution in [1.29, 1.82) is 0 Å². The van der Waals surface area contributed by atoms with Crippen molar-refractivity contribution in [1.82, 2.24) is 0 Å². The maximum absolute atomic E-state index is 11.5. The van der Waals surface area contributed by atoms with E-state index in [-0.39, 0.29) is 17.9 Å². The summed E-state index contributed by atoms with van der Waals surface area (Å²) in [5.41, 5.74) is 1.03. The second-order valence-electron chi connectivity index (χ2n) is 5.72. The number of hydrogen-bond acceptors (Lipinski definition) is 4. The van der Waals surface area contributed by atoms with E-state index in [1.54, 1.807) is 7.11 Å². The van der Waals surface area contributed by atoms with E-state index >= 15 is 0 Å². The largest absolute Gasteiger partial charge is 0.493 e. The number of hydrogen-bond donors (Lipinski definition) is 1. The fourth-order valence-electron chi connectivity index (χ4n) is 2.56. The monoisotopic (exact) mass is 314 g/mol. The Balaban J connectivity index is 2.09. The van der Waals surface area contributed by atoms with Crippen molar-refractivity contribution >= 4 is 9.84 Å². The summed E-state index contributed by atoms with van der Waals surface area (Å²) in [7, 11) is -1.20. The van der Waals surface area contributed by atoms with Crippen LogP contribution in [0.15, 0.2) is 18.2 Å². The number of para-hydroxylation sites is 1. The molecule has 1 aliphatic heterocycles. The quantitative estimate of drug-likeness (QED) is 0.840. The van der Waals surface area contributed by atoms with Crippen molar-refractivity contribution in [2.75, 3.05) is 18.6 Å². The molecule has 1 heterocycles. The summed E-state index contributed by atoms with van der Waals surface area (Å²) in [5, 5.41) is 2.09. The van der Waals surface area contributed by atoms with Gasteiger partial charge in [-0.2, -0.15) is 0 Å². The van der Waals surface area contributed by atoms with Gasteiger partial charge in [-0.05, 0) is 26.0 Å². The predicted molar refractivity (Wildman–Crippen MR) is 81.4 cm³/mol. The van der Waals surface area contributed by atoms with E-state index in [0.717, 1.165) is 17.7 Å². The molecule has 0 spiro atoms. The Morgan fingerprint density at radius 3 is 2.71 bits per heavy atom. The third-order valence-corrected chi connectivity index (χ3v) is 5.37. The molecule has 1 fully saturated rings. The molecule has 6 heteroatoms. The lowest BCUT2D eigenvalue weighted by atomic mass is 10.1. The van der Waals surface area contributed by atoms with Gasteiger partial charge in [0, 0.05) is 6.42 Å². The van der Waals surface area contributed by atoms with Gasteiger partial charge in [0.2, 0.25) is 0 Å². The van der Waals surface area contributed by atoms with Crippen molar-refractivity contribution in [3.63, 3.8) is 0 Å². The number of sulfone groups is 1. The summed E-state index contributed by atoms with van der Waals surface area (Å²) in [6, 6.07) is 5.95. The van der Waals surface area contributed by atoms with Crippen LogP contribution >= 0.6 is 0 Å². The van der Waals surface area contributed by atoms with Crippen LogP contribution in [-0.4, -0.2) is 39.2 Å². The Labute approximate surface area is 126 Å². The first-order valence-electron chi connectivity index (χ1n) is 7.27. The topological polar surface area (TPSA) is 69.2 Å². The molecule has 0 aromatic heterocycles. The number of methoxy groups -OCH3 is 1. The van der Waals surface area contributed by atoms with Crippen LogP contribution in [0.2, 0.25) is 0 Å². The number of ether oxygens (including phenoxy) is 2. The van der Waals surface area contributed by atoms with Gasteiger partial charge in [0.1, 0.15) is 18.3 Å². The van der Waals surface area contributed by atoms with E-state index in [2.05, 4.69) is 5.32 Å². The lowest BCUT2D eigenvalue weighted by Crippen LogP contribution is -2.89. The summed E-state index contributed by atoms with van der Waals surface area (Å²) < 4.78 is 34.2. The van der Waals surface area contributed by atoms with Crippen LogP contribution in [0.5, 0.6) is 11.5 Å². The SMILES string of the molecule is COc1cccc(C[NH2+][C@H]2CCS(=O)(=O)C2)c1OC(C)C. The molecule has 1 aliphatic rings. The van der Waals surface area contributed by atoms with Gasteiger partial charge in [-0.25, -0.2) is 8.42 Å². The molecule has 1 saturated heterocycles. The summed E-state index contributed by atoms with van der Waals surface area (Å²) in [6.45, 7) is 4.65. The van der Waals surface area contributed by atoms with E-state index in [1.165, 1.54) is 0 Å². The van der Waals surface area contributed by atoms with Gasteiger partial charge in [-0.3, -0.25) is 0 Å². The average molecular weight is 314 g/mol. The molecule has 1 atom stereocenters. The van der Waals surface area contributed by atoms with Crippen molar-refractivity contribution in [3.8, 4) is 11.5 Å². The van der Waals surface area contributed by atoms with Crippen LogP contribution in [-0.2, 0) is 16.4 Å². The molecule has 0 unspecified atom stereocenters. The zero-order chi connectivity index (χ0) is 15.5. The highest BCUT2D eigenvalue weighted by molar-refractivity contribution is 7.91. The summed E-state index contributed by atoms with van der Waals surface area (Å²) in [5.74, 6) is 2.06. The summed E-state index contributed by atoms with van der Waals surface area (Å²) >= 11 is 0. The van der Waals surface area contributed by atoms with Crippen LogP contribution in [0.4, 0.5) is 0 Å². The van der Waals surface area contributed by atoms with Gasteiger partial charge < -0.3 is 14.8 Å². The van der Waals surface area contributed by atoms with E-state index < -0.39 is 9.84 Å². The second-order valence-corrected chi connectivity index (χ2v) is 7.95. The molecule has 1 aromatic rings. The van der Waals surface area contributed by atoms with Gasteiger partial charge in [0.05, 0.1) is 24.5 Å². The number of benzene rings is 1. The third kappa shape index (κ3) is 4.35. The minimum Gasteiger partial charge on any atom is -0.493 e. The Bertz CT molecular complexity index is 583. The highest BCUT2D eigenvalue weighted by Crippen LogP contribution is 2.31. The van der Waals surface area contributed by atoms with Gasteiger partial charge in [0.15, 0.2) is 21.3 Å². The van der Waals surface area contributed by atoms with Crippen molar-refractivity contribution in [2.24, 2.45) is 0 Å².